The van der Waals surface area contributed by atoms with E-state index < -0.39 is 5.66 Å². The fourth-order valence-electron chi connectivity index (χ4n) is 3.35. The molecular weight excluding hydrogens is 276 g/mol. The number of aromatic amines is 1. The van der Waals surface area contributed by atoms with Crippen LogP contribution in [-0.4, -0.2) is 16.2 Å². The molecular formula is C16H20N6. The third-order valence-electron chi connectivity index (χ3n) is 4.72. The summed E-state index contributed by atoms with van der Waals surface area (Å²) in [6.45, 7) is 0. The average molecular weight is 296 g/mol. The first-order valence-electron chi connectivity index (χ1n) is 7.69. The molecule has 0 spiro atoms. The Kier molecular flexibility index (Phi) is 2.94. The van der Waals surface area contributed by atoms with Crippen molar-refractivity contribution in [1.82, 2.24) is 15.5 Å². The van der Waals surface area contributed by atoms with Crippen molar-refractivity contribution < 1.29 is 0 Å². The van der Waals surface area contributed by atoms with Crippen molar-refractivity contribution in [3.8, 4) is 11.3 Å². The monoisotopic (exact) mass is 296 g/mol. The van der Waals surface area contributed by atoms with Crippen LogP contribution in [0.1, 0.15) is 31.2 Å². The second kappa shape index (κ2) is 4.84. The SMILES string of the molecule is NC1=Nc2cc(-c3ccn[nH]3)ccc2C(N)(CC2CCC2)N1. The first-order chi connectivity index (χ1) is 10.6. The zero-order valence-electron chi connectivity index (χ0n) is 12.3. The molecule has 1 aliphatic carbocycles. The van der Waals surface area contributed by atoms with Gasteiger partial charge in [0.1, 0.15) is 5.66 Å². The molecule has 0 saturated heterocycles. The topological polar surface area (TPSA) is 105 Å². The van der Waals surface area contributed by atoms with Crippen molar-refractivity contribution in [2.24, 2.45) is 22.4 Å². The minimum atomic E-state index is -0.626. The van der Waals surface area contributed by atoms with Crippen molar-refractivity contribution in [3.05, 3.63) is 36.0 Å². The van der Waals surface area contributed by atoms with Crippen LogP contribution >= 0.6 is 0 Å². The highest BCUT2D eigenvalue weighted by atomic mass is 15.2. The van der Waals surface area contributed by atoms with Crippen LogP contribution in [0, 0.1) is 5.92 Å². The van der Waals surface area contributed by atoms with Gasteiger partial charge in [0.15, 0.2) is 5.96 Å². The molecule has 1 atom stereocenters. The summed E-state index contributed by atoms with van der Waals surface area (Å²) < 4.78 is 0. The molecule has 1 saturated carbocycles. The van der Waals surface area contributed by atoms with E-state index in [0.29, 0.717) is 11.9 Å². The maximum atomic E-state index is 6.65. The predicted molar refractivity (Wildman–Crippen MR) is 86.3 cm³/mol. The summed E-state index contributed by atoms with van der Waals surface area (Å²) in [4.78, 5) is 4.43. The Hall–Kier alpha value is -2.34. The van der Waals surface area contributed by atoms with Gasteiger partial charge in [0.2, 0.25) is 0 Å². The number of aromatic nitrogens is 2. The van der Waals surface area contributed by atoms with Crippen LogP contribution in [0.4, 0.5) is 5.69 Å². The Bertz CT molecular complexity index is 716. The van der Waals surface area contributed by atoms with Crippen molar-refractivity contribution in [2.45, 2.75) is 31.3 Å². The van der Waals surface area contributed by atoms with E-state index in [1.54, 1.807) is 6.20 Å². The first-order valence-corrected chi connectivity index (χ1v) is 7.69. The number of benzene rings is 1. The summed E-state index contributed by atoms with van der Waals surface area (Å²) >= 11 is 0. The minimum absolute atomic E-state index is 0.385. The highest BCUT2D eigenvalue weighted by Crippen LogP contribution is 2.40. The summed E-state index contributed by atoms with van der Waals surface area (Å²) in [5.41, 5.74) is 15.8. The fourth-order valence-corrected chi connectivity index (χ4v) is 3.35. The van der Waals surface area contributed by atoms with Crippen molar-refractivity contribution >= 4 is 11.6 Å². The molecule has 114 valence electrons. The van der Waals surface area contributed by atoms with E-state index in [0.717, 1.165) is 28.9 Å². The first kappa shape index (κ1) is 13.3. The zero-order chi connectivity index (χ0) is 15.2. The molecule has 1 aromatic heterocycles. The maximum Gasteiger partial charge on any atom is 0.195 e. The molecule has 1 aliphatic heterocycles. The summed E-state index contributed by atoms with van der Waals surface area (Å²) in [5.74, 6) is 1.06. The van der Waals surface area contributed by atoms with Gasteiger partial charge in [-0.25, -0.2) is 4.99 Å². The highest BCUT2D eigenvalue weighted by molar-refractivity contribution is 5.86. The molecule has 0 amide bonds. The number of fused-ring (bicyclic) bond motifs is 1. The van der Waals surface area contributed by atoms with Gasteiger partial charge in [-0.05, 0) is 24.5 Å². The molecule has 6 N–H and O–H groups in total. The number of hydrogen-bond donors (Lipinski definition) is 4. The number of aliphatic imine (C=N–C) groups is 1. The molecule has 1 aromatic carbocycles. The molecule has 2 heterocycles. The van der Waals surface area contributed by atoms with Gasteiger partial charge in [-0.15, -0.1) is 0 Å². The van der Waals surface area contributed by atoms with Gasteiger partial charge >= 0.3 is 0 Å². The highest BCUT2D eigenvalue weighted by Gasteiger charge is 2.37. The number of rotatable bonds is 3. The lowest BCUT2D eigenvalue weighted by atomic mass is 9.76. The molecule has 6 heteroatoms. The molecule has 0 bridgehead atoms. The number of H-pyrrole nitrogens is 1. The van der Waals surface area contributed by atoms with Gasteiger partial charge in [0, 0.05) is 17.3 Å². The Morgan fingerprint density at radius 1 is 1.27 bits per heavy atom. The average Bonchev–Trinajstić information content (AvgIpc) is 2.96. The maximum absolute atomic E-state index is 6.65. The summed E-state index contributed by atoms with van der Waals surface area (Å²) in [7, 11) is 0. The van der Waals surface area contributed by atoms with Gasteiger partial charge in [-0.3, -0.25) is 5.10 Å². The third-order valence-corrected chi connectivity index (χ3v) is 4.72. The molecule has 1 unspecified atom stereocenters. The van der Waals surface area contributed by atoms with Crippen LogP contribution in [-0.2, 0) is 5.66 Å². The summed E-state index contributed by atoms with van der Waals surface area (Å²) in [6.07, 6.45) is 6.42. The van der Waals surface area contributed by atoms with Crippen molar-refractivity contribution in [3.63, 3.8) is 0 Å². The van der Waals surface area contributed by atoms with E-state index in [1.807, 2.05) is 24.3 Å². The summed E-state index contributed by atoms with van der Waals surface area (Å²) in [5, 5.41) is 10.1. The molecule has 2 aliphatic rings. The van der Waals surface area contributed by atoms with Gasteiger partial charge in [-0.2, -0.15) is 5.10 Å². The van der Waals surface area contributed by atoms with Crippen LogP contribution in [0.15, 0.2) is 35.5 Å². The predicted octanol–water partition coefficient (Wildman–Crippen LogP) is 1.93. The van der Waals surface area contributed by atoms with E-state index in [-0.39, 0.29) is 0 Å². The van der Waals surface area contributed by atoms with Crippen LogP contribution < -0.4 is 16.8 Å². The third kappa shape index (κ3) is 2.16. The van der Waals surface area contributed by atoms with Crippen LogP contribution in [0.25, 0.3) is 11.3 Å². The van der Waals surface area contributed by atoms with Gasteiger partial charge in [0.05, 0.1) is 11.4 Å². The van der Waals surface area contributed by atoms with E-state index in [4.69, 9.17) is 11.5 Å². The van der Waals surface area contributed by atoms with Crippen LogP contribution in [0.2, 0.25) is 0 Å². The largest absolute Gasteiger partial charge is 0.370 e. The second-order valence-electron chi connectivity index (χ2n) is 6.30. The smallest absolute Gasteiger partial charge is 0.195 e. The van der Waals surface area contributed by atoms with Crippen molar-refractivity contribution in [1.29, 1.82) is 0 Å². The Morgan fingerprint density at radius 3 is 2.82 bits per heavy atom. The molecule has 0 radical (unpaired) electrons. The van der Waals surface area contributed by atoms with E-state index in [9.17, 15) is 0 Å². The molecule has 1 fully saturated rings. The lowest BCUT2D eigenvalue weighted by molar-refractivity contribution is 0.211. The zero-order valence-corrected chi connectivity index (χ0v) is 12.3. The quantitative estimate of drug-likeness (QED) is 0.694. The molecule has 6 nitrogen and oxygen atoms in total. The van der Waals surface area contributed by atoms with E-state index >= 15 is 0 Å². The Morgan fingerprint density at radius 2 is 2.14 bits per heavy atom. The number of nitrogens with two attached hydrogens (primary N) is 2. The van der Waals surface area contributed by atoms with Crippen LogP contribution in [0.5, 0.6) is 0 Å². The van der Waals surface area contributed by atoms with Gasteiger partial charge in [0.25, 0.3) is 0 Å². The summed E-state index contributed by atoms with van der Waals surface area (Å²) in [6, 6.07) is 8.04. The van der Waals surface area contributed by atoms with E-state index in [1.165, 1.54) is 19.3 Å². The standard InChI is InChI=1S/C16H20N6/c17-15-20-14-8-11(13-6-7-19-22-13)4-5-12(14)16(18,21-15)9-10-2-1-3-10/h4-8,10H,1-3,9,18H2,(H,19,22)(H3,17,20,21). The Balaban J connectivity index is 1.74. The normalized spacial score (nSPS) is 24.1. The molecule has 2 aromatic rings. The van der Waals surface area contributed by atoms with E-state index in [2.05, 4.69) is 20.5 Å². The lowest BCUT2D eigenvalue weighted by Crippen LogP contribution is -2.58. The molecule has 4 rings (SSSR count). The van der Waals surface area contributed by atoms with Crippen molar-refractivity contribution in [2.75, 3.05) is 0 Å². The number of nitrogens with zero attached hydrogens (tertiary/aromatic N) is 2. The number of nitrogens with one attached hydrogen (secondary N) is 2. The Labute approximate surface area is 129 Å². The van der Waals surface area contributed by atoms with Crippen LogP contribution in [0.3, 0.4) is 0 Å². The fraction of sp³-hybridized carbons (Fsp3) is 0.375. The number of guanidine groups is 1. The van der Waals surface area contributed by atoms with Gasteiger partial charge in [-0.1, -0.05) is 31.4 Å². The second-order valence-corrected chi connectivity index (χ2v) is 6.30. The number of hydrogen-bond acceptors (Lipinski definition) is 5. The lowest BCUT2D eigenvalue weighted by Gasteiger charge is -2.40. The molecule has 22 heavy (non-hydrogen) atoms. The van der Waals surface area contributed by atoms with Gasteiger partial charge < -0.3 is 16.8 Å². The minimum Gasteiger partial charge on any atom is -0.370 e.